The second-order valence-corrected chi connectivity index (χ2v) is 6.54. The molecule has 1 aromatic carbocycles. The van der Waals surface area contributed by atoms with E-state index in [1.165, 1.54) is 5.56 Å². The van der Waals surface area contributed by atoms with Gasteiger partial charge < -0.3 is 10.0 Å². The van der Waals surface area contributed by atoms with Crippen LogP contribution in [0.4, 0.5) is 10.8 Å². The number of fused-ring (bicyclic) bond motifs is 1. The zero-order valence-corrected chi connectivity index (χ0v) is 13.0. The van der Waals surface area contributed by atoms with Gasteiger partial charge in [0.2, 0.25) is 0 Å². The Bertz CT molecular complexity index is 663. The number of benzene rings is 1. The van der Waals surface area contributed by atoms with Gasteiger partial charge in [0, 0.05) is 17.6 Å². The van der Waals surface area contributed by atoms with Crippen LogP contribution in [0.3, 0.4) is 0 Å². The van der Waals surface area contributed by atoms with Crippen molar-refractivity contribution in [3.63, 3.8) is 0 Å². The summed E-state index contributed by atoms with van der Waals surface area (Å²) < 4.78 is 0. The van der Waals surface area contributed by atoms with Crippen molar-refractivity contribution >= 4 is 28.1 Å². The van der Waals surface area contributed by atoms with Crippen molar-refractivity contribution in [2.45, 2.75) is 32.1 Å². The molecule has 0 fully saturated rings. The molecule has 1 aliphatic rings. The summed E-state index contributed by atoms with van der Waals surface area (Å²) in [6.45, 7) is 2.06. The first-order chi connectivity index (χ1) is 10.1. The van der Waals surface area contributed by atoms with E-state index in [4.69, 9.17) is 0 Å². The normalized spacial score (nSPS) is 17.3. The van der Waals surface area contributed by atoms with E-state index in [1.54, 1.807) is 11.3 Å². The van der Waals surface area contributed by atoms with Crippen LogP contribution in [0.25, 0.3) is 0 Å². The molecular weight excluding hydrogens is 284 g/mol. The van der Waals surface area contributed by atoms with Gasteiger partial charge in [0.1, 0.15) is 5.92 Å². The van der Waals surface area contributed by atoms with Gasteiger partial charge in [-0.2, -0.15) is 0 Å². The summed E-state index contributed by atoms with van der Waals surface area (Å²) in [7, 11) is 1.98. The third-order valence-corrected chi connectivity index (χ3v) is 5.16. The number of anilines is 2. The van der Waals surface area contributed by atoms with Crippen molar-refractivity contribution in [2.24, 2.45) is 0 Å². The van der Waals surface area contributed by atoms with Crippen LogP contribution in [0, 0.1) is 6.92 Å². The molecule has 1 N–H and O–H groups in total. The fraction of sp³-hybridized carbons (Fsp3) is 0.375. The number of nitrogens with zero attached hydrogens (tertiary/aromatic N) is 2. The van der Waals surface area contributed by atoms with Crippen LogP contribution in [-0.2, 0) is 11.2 Å². The van der Waals surface area contributed by atoms with Crippen LogP contribution < -0.4 is 4.90 Å². The highest BCUT2D eigenvalue weighted by molar-refractivity contribution is 7.15. The highest BCUT2D eigenvalue weighted by atomic mass is 32.1. The Morgan fingerprint density at radius 3 is 2.76 bits per heavy atom. The van der Waals surface area contributed by atoms with E-state index >= 15 is 0 Å². The number of thiazole rings is 1. The largest absolute Gasteiger partial charge is 0.481 e. The van der Waals surface area contributed by atoms with Crippen LogP contribution in [0.2, 0.25) is 0 Å². The highest BCUT2D eigenvalue weighted by Gasteiger charge is 2.30. The van der Waals surface area contributed by atoms with Gasteiger partial charge in [-0.05, 0) is 38.3 Å². The summed E-state index contributed by atoms with van der Waals surface area (Å²) in [5, 5.41) is 10.2. The Morgan fingerprint density at radius 1 is 1.38 bits per heavy atom. The van der Waals surface area contributed by atoms with E-state index in [1.807, 2.05) is 11.9 Å². The average molecular weight is 302 g/mol. The van der Waals surface area contributed by atoms with E-state index < -0.39 is 11.9 Å². The molecule has 21 heavy (non-hydrogen) atoms. The van der Waals surface area contributed by atoms with Gasteiger partial charge >= 0.3 is 5.97 Å². The minimum Gasteiger partial charge on any atom is -0.481 e. The molecule has 0 saturated heterocycles. The molecule has 4 nitrogen and oxygen atoms in total. The van der Waals surface area contributed by atoms with Crippen LogP contribution in [0.1, 0.15) is 34.9 Å². The number of rotatable bonds is 3. The molecule has 0 aliphatic heterocycles. The smallest absolute Gasteiger partial charge is 0.312 e. The van der Waals surface area contributed by atoms with E-state index in [0.717, 1.165) is 34.2 Å². The topological polar surface area (TPSA) is 53.4 Å². The number of carbonyl (C=O) groups is 1. The average Bonchev–Trinajstić information content (AvgIpc) is 2.90. The quantitative estimate of drug-likeness (QED) is 0.938. The lowest BCUT2D eigenvalue weighted by atomic mass is 9.91. The molecule has 2 aromatic rings. The first-order valence-electron chi connectivity index (χ1n) is 7.09. The van der Waals surface area contributed by atoms with Gasteiger partial charge in [0.25, 0.3) is 0 Å². The number of hydrogen-bond donors (Lipinski definition) is 1. The number of carboxylic acids is 1. The molecule has 0 radical (unpaired) electrons. The maximum atomic E-state index is 11.4. The van der Waals surface area contributed by atoms with Crippen molar-refractivity contribution in [1.82, 2.24) is 4.98 Å². The predicted molar refractivity (Wildman–Crippen MR) is 84.7 cm³/mol. The first-order valence-corrected chi connectivity index (χ1v) is 7.90. The second-order valence-electron chi connectivity index (χ2n) is 5.48. The van der Waals surface area contributed by atoms with Crippen LogP contribution in [-0.4, -0.2) is 23.1 Å². The SMILES string of the molecule is Cc1ccc(N(C)c2nc3c(s2)CCCC3C(=O)O)cc1. The number of hydrogen-bond acceptors (Lipinski definition) is 4. The van der Waals surface area contributed by atoms with Crippen LogP contribution in [0.5, 0.6) is 0 Å². The first kappa shape index (κ1) is 14.1. The van der Waals surface area contributed by atoms with Crippen molar-refractivity contribution < 1.29 is 9.90 Å². The summed E-state index contributed by atoms with van der Waals surface area (Å²) in [6, 6.07) is 8.26. The highest BCUT2D eigenvalue weighted by Crippen LogP contribution is 2.39. The molecule has 1 unspecified atom stereocenters. The van der Waals surface area contributed by atoms with Gasteiger partial charge in [0.15, 0.2) is 5.13 Å². The Labute approximate surface area is 128 Å². The summed E-state index contributed by atoms with van der Waals surface area (Å²) in [5.74, 6) is -1.20. The number of carboxylic acid groups (broad SMARTS) is 1. The fourth-order valence-corrected chi connectivity index (χ4v) is 3.81. The van der Waals surface area contributed by atoms with Crippen molar-refractivity contribution in [1.29, 1.82) is 0 Å². The molecule has 1 atom stereocenters. The van der Waals surface area contributed by atoms with E-state index in [0.29, 0.717) is 6.42 Å². The summed E-state index contributed by atoms with van der Waals surface area (Å²) >= 11 is 1.62. The van der Waals surface area contributed by atoms with Crippen molar-refractivity contribution in [2.75, 3.05) is 11.9 Å². The van der Waals surface area contributed by atoms with Gasteiger partial charge in [0.05, 0.1) is 5.69 Å². The minimum absolute atomic E-state index is 0.440. The Morgan fingerprint density at radius 2 is 2.10 bits per heavy atom. The van der Waals surface area contributed by atoms with Crippen molar-refractivity contribution in [3.05, 3.63) is 40.4 Å². The predicted octanol–water partition coefficient (Wildman–Crippen LogP) is 3.72. The molecule has 0 bridgehead atoms. The molecule has 110 valence electrons. The Kier molecular flexibility index (Phi) is 3.68. The molecule has 0 saturated carbocycles. The monoisotopic (exact) mass is 302 g/mol. The number of aliphatic carboxylic acids is 1. The molecule has 1 aliphatic carbocycles. The van der Waals surface area contributed by atoms with E-state index in [-0.39, 0.29) is 0 Å². The zero-order valence-electron chi connectivity index (χ0n) is 12.2. The third-order valence-electron chi connectivity index (χ3n) is 3.95. The molecule has 0 amide bonds. The minimum atomic E-state index is -0.759. The summed E-state index contributed by atoms with van der Waals surface area (Å²) in [6.07, 6.45) is 2.57. The van der Waals surface area contributed by atoms with Gasteiger partial charge in [-0.25, -0.2) is 4.98 Å². The maximum absolute atomic E-state index is 11.4. The maximum Gasteiger partial charge on any atom is 0.312 e. The number of aromatic nitrogens is 1. The Hall–Kier alpha value is -1.88. The van der Waals surface area contributed by atoms with E-state index in [2.05, 4.69) is 36.2 Å². The molecule has 3 rings (SSSR count). The fourth-order valence-electron chi connectivity index (χ4n) is 2.67. The van der Waals surface area contributed by atoms with Gasteiger partial charge in [-0.1, -0.05) is 17.7 Å². The second kappa shape index (κ2) is 5.48. The summed E-state index contributed by atoms with van der Waals surface area (Å²) in [5.41, 5.74) is 3.06. The zero-order chi connectivity index (χ0) is 15.0. The molecule has 0 spiro atoms. The van der Waals surface area contributed by atoms with E-state index in [9.17, 15) is 9.90 Å². The lowest BCUT2D eigenvalue weighted by Crippen LogP contribution is -2.17. The Balaban J connectivity index is 1.93. The third kappa shape index (κ3) is 2.65. The summed E-state index contributed by atoms with van der Waals surface area (Å²) in [4.78, 5) is 19.1. The van der Waals surface area contributed by atoms with Gasteiger partial charge in [-0.3, -0.25) is 4.79 Å². The lowest BCUT2D eigenvalue weighted by molar-refractivity contribution is -0.139. The molecule has 1 heterocycles. The number of aryl methyl sites for hydroxylation is 2. The standard InChI is InChI=1S/C16H18N2O2S/c1-10-6-8-11(9-7-10)18(2)16-17-14-12(15(19)20)4-3-5-13(14)21-16/h6-9,12H,3-5H2,1-2H3,(H,19,20). The lowest BCUT2D eigenvalue weighted by Gasteiger charge is -2.17. The van der Waals surface area contributed by atoms with Gasteiger partial charge in [-0.15, -0.1) is 11.3 Å². The van der Waals surface area contributed by atoms with Crippen LogP contribution in [0.15, 0.2) is 24.3 Å². The molecule has 1 aromatic heterocycles. The molecular formula is C16H18N2O2S. The van der Waals surface area contributed by atoms with Crippen molar-refractivity contribution in [3.8, 4) is 0 Å². The molecule has 5 heteroatoms. The van der Waals surface area contributed by atoms with Crippen LogP contribution >= 0.6 is 11.3 Å².